The van der Waals surface area contributed by atoms with Gasteiger partial charge in [0.2, 0.25) is 0 Å². The van der Waals surface area contributed by atoms with Crippen molar-refractivity contribution in [1.29, 1.82) is 0 Å². The molecule has 5 rings (SSSR count). The normalized spacial score (nSPS) is 16.0. The number of aromatic nitrogens is 1. The van der Waals surface area contributed by atoms with E-state index in [-0.39, 0.29) is 11.5 Å². The van der Waals surface area contributed by atoms with Crippen LogP contribution in [-0.2, 0) is 0 Å². The van der Waals surface area contributed by atoms with Gasteiger partial charge in [-0.3, -0.25) is 4.98 Å². The molecule has 3 aromatic carbocycles. The summed E-state index contributed by atoms with van der Waals surface area (Å²) in [6.07, 6.45) is 6.33. The Morgan fingerprint density at radius 1 is 0.941 bits per heavy atom. The van der Waals surface area contributed by atoms with E-state index in [1.54, 1.807) is 36.5 Å². The van der Waals surface area contributed by atoms with Gasteiger partial charge >= 0.3 is 0 Å². The molecule has 1 fully saturated rings. The van der Waals surface area contributed by atoms with Crippen LogP contribution in [0.3, 0.4) is 0 Å². The average Bonchev–Trinajstić information content (AvgIpc) is 2.84. The van der Waals surface area contributed by atoms with Crippen LogP contribution in [0.1, 0.15) is 25.7 Å². The van der Waals surface area contributed by atoms with E-state index in [1.807, 2.05) is 30.3 Å². The fourth-order valence-electron chi connectivity index (χ4n) is 4.59. The van der Waals surface area contributed by atoms with Crippen LogP contribution in [0.5, 0.6) is 17.2 Å². The highest BCUT2D eigenvalue weighted by atomic mass is 35.5. The number of piperidine rings is 1. The predicted octanol–water partition coefficient (Wildman–Crippen LogP) is 6.54. The summed E-state index contributed by atoms with van der Waals surface area (Å²) in [5.41, 5.74) is 3.97. The van der Waals surface area contributed by atoms with Crippen molar-refractivity contribution in [2.45, 2.75) is 31.7 Å². The maximum Gasteiger partial charge on any atom is 0.138 e. The second-order valence-corrected chi connectivity index (χ2v) is 9.14. The van der Waals surface area contributed by atoms with Crippen LogP contribution in [0.2, 0.25) is 5.02 Å². The molecule has 1 atom stereocenters. The number of phenols is 2. The fraction of sp³-hybridized carbons (Fsp3) is 0.250. The molecule has 1 saturated heterocycles. The molecule has 0 spiro atoms. The van der Waals surface area contributed by atoms with Crippen molar-refractivity contribution in [2.24, 2.45) is 0 Å². The first-order chi connectivity index (χ1) is 16.6. The zero-order valence-corrected chi connectivity index (χ0v) is 19.6. The van der Waals surface area contributed by atoms with Gasteiger partial charge in [0.25, 0.3) is 0 Å². The zero-order valence-electron chi connectivity index (χ0n) is 18.8. The van der Waals surface area contributed by atoms with Gasteiger partial charge in [0.05, 0.1) is 17.1 Å². The molecule has 1 aromatic heterocycles. The van der Waals surface area contributed by atoms with E-state index in [4.69, 9.17) is 16.3 Å². The third-order valence-electron chi connectivity index (χ3n) is 6.35. The quantitative estimate of drug-likeness (QED) is 0.295. The number of benzene rings is 3. The van der Waals surface area contributed by atoms with E-state index >= 15 is 0 Å². The molecule has 0 aliphatic carbocycles. The number of nitrogens with one attached hydrogen (secondary N) is 1. The Morgan fingerprint density at radius 3 is 2.35 bits per heavy atom. The largest absolute Gasteiger partial charge is 0.508 e. The molecule has 0 bridgehead atoms. The molecular formula is C28H27ClN2O3. The van der Waals surface area contributed by atoms with Gasteiger partial charge in [0.15, 0.2) is 0 Å². The highest BCUT2D eigenvalue weighted by Crippen LogP contribution is 2.41. The summed E-state index contributed by atoms with van der Waals surface area (Å²) in [5, 5.41) is 25.0. The molecule has 0 amide bonds. The molecule has 4 aromatic rings. The van der Waals surface area contributed by atoms with E-state index in [9.17, 15) is 10.2 Å². The minimum atomic E-state index is 0.178. The van der Waals surface area contributed by atoms with Crippen molar-refractivity contribution in [3.05, 3.63) is 71.9 Å². The number of nitrogens with zero attached hydrogens (tertiary/aromatic N) is 1. The van der Waals surface area contributed by atoms with Gasteiger partial charge in [-0.1, -0.05) is 42.3 Å². The summed E-state index contributed by atoms with van der Waals surface area (Å²) in [7, 11) is 0. The van der Waals surface area contributed by atoms with Crippen LogP contribution in [0.25, 0.3) is 33.2 Å². The molecule has 3 N–H and O–H groups in total. The lowest BCUT2D eigenvalue weighted by Crippen LogP contribution is -2.35. The Kier molecular flexibility index (Phi) is 6.57. The first kappa shape index (κ1) is 22.5. The molecular weight excluding hydrogens is 448 g/mol. The first-order valence-corrected chi connectivity index (χ1v) is 12.0. The van der Waals surface area contributed by atoms with Crippen LogP contribution in [0.4, 0.5) is 0 Å². The lowest BCUT2D eigenvalue weighted by atomic mass is 9.99. The van der Waals surface area contributed by atoms with Crippen molar-refractivity contribution >= 4 is 22.5 Å². The minimum Gasteiger partial charge on any atom is -0.508 e. The number of phenolic OH excluding ortho intramolecular Hbond substituents is 2. The van der Waals surface area contributed by atoms with E-state index in [0.29, 0.717) is 23.4 Å². The van der Waals surface area contributed by atoms with Crippen LogP contribution >= 0.6 is 11.6 Å². The van der Waals surface area contributed by atoms with Crippen molar-refractivity contribution in [3.63, 3.8) is 0 Å². The minimum absolute atomic E-state index is 0.178. The first-order valence-electron chi connectivity index (χ1n) is 11.7. The Bertz CT molecular complexity index is 1320. The second kappa shape index (κ2) is 9.92. The molecule has 6 heteroatoms. The average molecular weight is 475 g/mol. The third kappa shape index (κ3) is 4.81. The van der Waals surface area contributed by atoms with E-state index < -0.39 is 0 Å². The van der Waals surface area contributed by atoms with Crippen molar-refractivity contribution < 1.29 is 14.9 Å². The Labute approximate surface area is 204 Å². The SMILES string of the molecule is Oc1cccc(-c2cc3c(OCCC4CCCCN4)c(-c4cccc(O)c4)cnc3cc2Cl)c1. The molecule has 5 nitrogen and oxygen atoms in total. The Balaban J connectivity index is 1.60. The molecule has 0 saturated carbocycles. The second-order valence-electron chi connectivity index (χ2n) is 8.73. The van der Waals surface area contributed by atoms with Crippen molar-refractivity contribution in [3.8, 4) is 39.5 Å². The maximum atomic E-state index is 10.1. The summed E-state index contributed by atoms with van der Waals surface area (Å²) in [6.45, 7) is 1.62. The molecule has 1 aliphatic heterocycles. The number of hydrogen-bond donors (Lipinski definition) is 3. The molecule has 1 aliphatic rings. The van der Waals surface area contributed by atoms with Crippen LogP contribution in [0.15, 0.2) is 66.9 Å². The van der Waals surface area contributed by atoms with E-state index in [2.05, 4.69) is 10.3 Å². The van der Waals surface area contributed by atoms with Gasteiger partial charge in [0, 0.05) is 28.8 Å². The van der Waals surface area contributed by atoms with Gasteiger partial charge in [-0.15, -0.1) is 0 Å². The van der Waals surface area contributed by atoms with Gasteiger partial charge in [-0.2, -0.15) is 0 Å². The number of halogens is 1. The topological polar surface area (TPSA) is 74.6 Å². The smallest absolute Gasteiger partial charge is 0.138 e. The van der Waals surface area contributed by atoms with Crippen LogP contribution < -0.4 is 10.1 Å². The number of ether oxygens (including phenoxy) is 1. The summed E-state index contributed by atoms with van der Waals surface area (Å²) >= 11 is 6.62. The van der Waals surface area contributed by atoms with Crippen molar-refractivity contribution in [1.82, 2.24) is 10.3 Å². The van der Waals surface area contributed by atoms with Gasteiger partial charge < -0.3 is 20.3 Å². The van der Waals surface area contributed by atoms with E-state index in [1.165, 1.54) is 12.8 Å². The number of hydrogen-bond acceptors (Lipinski definition) is 5. The molecule has 0 radical (unpaired) electrons. The number of aromatic hydroxyl groups is 2. The number of fused-ring (bicyclic) bond motifs is 1. The van der Waals surface area contributed by atoms with Gasteiger partial charge in [-0.25, -0.2) is 0 Å². The molecule has 174 valence electrons. The van der Waals surface area contributed by atoms with Gasteiger partial charge in [0.1, 0.15) is 17.2 Å². The standard InChI is InChI=1S/C28H27ClN2O3/c29-26-16-27-24(15-23(26)18-5-3-8-21(32)13-18)28(34-12-10-20-7-1-2-11-30-20)25(17-31-27)19-6-4-9-22(33)14-19/h3-6,8-9,13-17,20,30,32-33H,1-2,7,10-12H2. The highest BCUT2D eigenvalue weighted by molar-refractivity contribution is 6.34. The Morgan fingerprint density at radius 2 is 1.68 bits per heavy atom. The van der Waals surface area contributed by atoms with Crippen LogP contribution in [0, 0.1) is 0 Å². The lowest BCUT2D eigenvalue weighted by Gasteiger charge is -2.24. The zero-order chi connectivity index (χ0) is 23.5. The molecule has 1 unspecified atom stereocenters. The number of rotatable bonds is 6. The molecule has 2 heterocycles. The maximum absolute atomic E-state index is 10.1. The highest BCUT2D eigenvalue weighted by Gasteiger charge is 2.18. The van der Waals surface area contributed by atoms with Gasteiger partial charge in [-0.05, 0) is 73.3 Å². The summed E-state index contributed by atoms with van der Waals surface area (Å²) in [6, 6.07) is 18.4. The summed E-state index contributed by atoms with van der Waals surface area (Å²) in [4.78, 5) is 4.65. The predicted molar refractivity (Wildman–Crippen MR) is 137 cm³/mol. The fourth-order valence-corrected chi connectivity index (χ4v) is 4.86. The van der Waals surface area contributed by atoms with Crippen LogP contribution in [-0.4, -0.2) is 34.4 Å². The Hall–Kier alpha value is -3.28. The van der Waals surface area contributed by atoms with E-state index in [0.717, 1.165) is 52.5 Å². The van der Waals surface area contributed by atoms with Crippen molar-refractivity contribution in [2.75, 3.05) is 13.2 Å². The summed E-state index contributed by atoms with van der Waals surface area (Å²) < 4.78 is 6.45. The number of pyridine rings is 1. The summed E-state index contributed by atoms with van der Waals surface area (Å²) in [5.74, 6) is 1.08. The monoisotopic (exact) mass is 474 g/mol. The molecule has 34 heavy (non-hydrogen) atoms. The third-order valence-corrected chi connectivity index (χ3v) is 6.66. The lowest BCUT2D eigenvalue weighted by molar-refractivity contribution is 0.271.